The van der Waals surface area contributed by atoms with Crippen molar-refractivity contribution < 1.29 is 33.1 Å². The molecule has 0 saturated carbocycles. The Balaban J connectivity index is 3.36. The van der Waals surface area contributed by atoms with Crippen molar-refractivity contribution in [3.8, 4) is 11.5 Å². The predicted molar refractivity (Wildman–Crippen MR) is 52.7 cm³/mol. The van der Waals surface area contributed by atoms with E-state index in [1.165, 1.54) is 0 Å². The van der Waals surface area contributed by atoms with E-state index in [4.69, 9.17) is 0 Å². The lowest BCUT2D eigenvalue weighted by atomic mass is 10.1. The number of phenols is 1. The van der Waals surface area contributed by atoms with E-state index < -0.39 is 40.3 Å². The van der Waals surface area contributed by atoms with E-state index in [1.807, 2.05) is 0 Å². The van der Waals surface area contributed by atoms with Gasteiger partial charge in [-0.3, -0.25) is 10.1 Å². The maximum absolute atomic E-state index is 12.0. The van der Waals surface area contributed by atoms with Crippen molar-refractivity contribution in [1.82, 2.24) is 0 Å². The smallest absolute Gasteiger partial charge is 0.387 e. The van der Waals surface area contributed by atoms with Gasteiger partial charge in [0, 0.05) is 6.07 Å². The fourth-order valence-electron chi connectivity index (χ4n) is 1.15. The van der Waals surface area contributed by atoms with Crippen molar-refractivity contribution in [2.24, 2.45) is 0 Å². The molecule has 9 heteroatoms. The summed E-state index contributed by atoms with van der Waals surface area (Å²) in [6.45, 7) is -3.30. The number of methoxy groups -OCH3 is 1. The van der Waals surface area contributed by atoms with Crippen molar-refractivity contribution in [1.29, 1.82) is 0 Å². The first-order valence-corrected chi connectivity index (χ1v) is 4.41. The number of carbonyl (C=O) groups is 1. The van der Waals surface area contributed by atoms with Crippen molar-refractivity contribution in [2.45, 2.75) is 6.61 Å². The van der Waals surface area contributed by atoms with Gasteiger partial charge in [0.25, 0.3) is 0 Å². The van der Waals surface area contributed by atoms with Crippen LogP contribution in [0.3, 0.4) is 0 Å². The third-order valence-corrected chi connectivity index (χ3v) is 1.89. The molecule has 0 spiro atoms. The summed E-state index contributed by atoms with van der Waals surface area (Å²) >= 11 is 0. The van der Waals surface area contributed by atoms with Crippen molar-refractivity contribution in [3.05, 3.63) is 27.8 Å². The molecule has 0 aromatic heterocycles. The maximum Gasteiger partial charge on any atom is 0.387 e. The van der Waals surface area contributed by atoms with Crippen LogP contribution in [0.4, 0.5) is 14.5 Å². The lowest BCUT2D eigenvalue weighted by Crippen LogP contribution is -2.07. The molecule has 0 unspecified atom stereocenters. The highest BCUT2D eigenvalue weighted by atomic mass is 19.3. The van der Waals surface area contributed by atoms with E-state index in [-0.39, 0.29) is 0 Å². The van der Waals surface area contributed by atoms with Crippen molar-refractivity contribution >= 4 is 11.7 Å². The molecule has 7 nitrogen and oxygen atoms in total. The van der Waals surface area contributed by atoms with E-state index in [0.717, 1.165) is 13.2 Å². The average Bonchev–Trinajstić information content (AvgIpc) is 2.29. The minimum atomic E-state index is -3.30. The lowest BCUT2D eigenvalue weighted by Gasteiger charge is -2.08. The van der Waals surface area contributed by atoms with Gasteiger partial charge in [0.2, 0.25) is 5.75 Å². The number of hydrogen-bond donors (Lipinski definition) is 1. The molecule has 0 aliphatic carbocycles. The molecule has 0 aliphatic rings. The minimum absolute atomic E-state index is 0.391. The zero-order chi connectivity index (χ0) is 13.9. The topological polar surface area (TPSA) is 98.9 Å². The molecule has 1 aromatic carbocycles. The average molecular weight is 263 g/mol. The lowest BCUT2D eigenvalue weighted by molar-refractivity contribution is -0.386. The number of hydrogen-bond acceptors (Lipinski definition) is 6. The Morgan fingerprint density at radius 3 is 2.56 bits per heavy atom. The Labute approximate surface area is 98.7 Å². The van der Waals surface area contributed by atoms with Crippen LogP contribution in [0.25, 0.3) is 0 Å². The van der Waals surface area contributed by atoms with Crippen LogP contribution in [0.1, 0.15) is 10.4 Å². The van der Waals surface area contributed by atoms with Crippen LogP contribution in [0.15, 0.2) is 12.1 Å². The number of nitrogens with zero attached hydrogens (tertiary/aromatic N) is 1. The van der Waals surface area contributed by atoms with Gasteiger partial charge < -0.3 is 14.6 Å². The van der Waals surface area contributed by atoms with E-state index in [2.05, 4.69) is 9.47 Å². The van der Waals surface area contributed by atoms with E-state index in [0.29, 0.717) is 6.07 Å². The Kier molecular flexibility index (Phi) is 3.97. The molecule has 0 amide bonds. The van der Waals surface area contributed by atoms with Crippen LogP contribution in [-0.2, 0) is 4.74 Å². The van der Waals surface area contributed by atoms with Gasteiger partial charge in [-0.25, -0.2) is 4.79 Å². The molecule has 0 heterocycles. The molecular weight excluding hydrogens is 256 g/mol. The second kappa shape index (κ2) is 5.25. The SMILES string of the molecule is COC(=O)c1cc(OC(F)F)c(O)c([N+](=O)[O-])c1. The van der Waals surface area contributed by atoms with Crippen LogP contribution in [0, 0.1) is 10.1 Å². The predicted octanol–water partition coefficient (Wildman–Crippen LogP) is 1.69. The molecule has 0 fully saturated rings. The van der Waals surface area contributed by atoms with Gasteiger partial charge in [-0.05, 0) is 6.07 Å². The summed E-state index contributed by atoms with van der Waals surface area (Å²) in [7, 11) is 1.01. The maximum atomic E-state index is 12.0. The quantitative estimate of drug-likeness (QED) is 0.504. The summed E-state index contributed by atoms with van der Waals surface area (Å²) in [6.07, 6.45) is 0. The monoisotopic (exact) mass is 263 g/mol. The molecule has 0 radical (unpaired) electrons. The number of benzene rings is 1. The molecule has 1 rings (SSSR count). The number of carbonyl (C=O) groups excluding carboxylic acids is 1. The number of nitro groups is 1. The fourth-order valence-corrected chi connectivity index (χ4v) is 1.15. The summed E-state index contributed by atoms with van der Waals surface area (Å²) in [6, 6.07) is 1.42. The highest BCUT2D eigenvalue weighted by Crippen LogP contribution is 2.38. The third-order valence-electron chi connectivity index (χ3n) is 1.89. The Bertz CT molecular complexity index is 490. The highest BCUT2D eigenvalue weighted by molar-refractivity contribution is 5.91. The molecule has 1 N–H and O–H groups in total. The van der Waals surface area contributed by atoms with Crippen molar-refractivity contribution in [3.63, 3.8) is 0 Å². The molecule has 0 atom stereocenters. The van der Waals surface area contributed by atoms with Gasteiger partial charge in [-0.15, -0.1) is 0 Å². The summed E-state index contributed by atoms with van der Waals surface area (Å²) in [4.78, 5) is 20.7. The van der Waals surface area contributed by atoms with Gasteiger partial charge in [0.1, 0.15) is 0 Å². The number of esters is 1. The second-order valence-electron chi connectivity index (χ2n) is 2.97. The molecule has 1 aromatic rings. The summed E-state index contributed by atoms with van der Waals surface area (Å²) in [5.41, 5.74) is -1.33. The van der Waals surface area contributed by atoms with Gasteiger partial charge in [-0.1, -0.05) is 0 Å². The summed E-state index contributed by atoms with van der Waals surface area (Å²) < 4.78 is 32.2. The fraction of sp³-hybridized carbons (Fsp3) is 0.222. The Hall–Kier alpha value is -2.45. The van der Waals surface area contributed by atoms with Crippen LogP contribution in [0.5, 0.6) is 11.5 Å². The summed E-state index contributed by atoms with van der Waals surface area (Å²) in [5, 5.41) is 19.9. The molecule has 0 aliphatic heterocycles. The minimum Gasteiger partial charge on any atom is -0.500 e. The van der Waals surface area contributed by atoms with E-state index >= 15 is 0 Å². The third kappa shape index (κ3) is 2.81. The van der Waals surface area contributed by atoms with E-state index in [9.17, 15) is 28.8 Å². The number of nitro benzene ring substituents is 1. The molecule has 18 heavy (non-hydrogen) atoms. The first kappa shape index (κ1) is 13.6. The molecular formula is C9H7F2NO6. The zero-order valence-electron chi connectivity index (χ0n) is 8.92. The van der Waals surface area contributed by atoms with Crippen LogP contribution >= 0.6 is 0 Å². The van der Waals surface area contributed by atoms with Gasteiger partial charge in [0.15, 0.2) is 5.75 Å². The van der Waals surface area contributed by atoms with E-state index in [1.54, 1.807) is 0 Å². The van der Waals surface area contributed by atoms with Crippen LogP contribution in [0.2, 0.25) is 0 Å². The largest absolute Gasteiger partial charge is 0.500 e. The number of halogens is 2. The number of rotatable bonds is 4. The molecule has 0 bridgehead atoms. The number of alkyl halides is 2. The molecule has 98 valence electrons. The Morgan fingerprint density at radius 1 is 1.50 bits per heavy atom. The normalized spacial score (nSPS) is 10.2. The van der Waals surface area contributed by atoms with Crippen LogP contribution in [-0.4, -0.2) is 29.7 Å². The second-order valence-corrected chi connectivity index (χ2v) is 2.97. The number of ether oxygens (including phenoxy) is 2. The van der Waals surface area contributed by atoms with Gasteiger partial charge in [0.05, 0.1) is 17.6 Å². The van der Waals surface area contributed by atoms with Crippen molar-refractivity contribution in [2.75, 3.05) is 7.11 Å². The van der Waals surface area contributed by atoms with Gasteiger partial charge in [-0.2, -0.15) is 8.78 Å². The zero-order valence-corrected chi connectivity index (χ0v) is 8.92. The first-order chi connectivity index (χ1) is 8.36. The number of phenolic OH excluding ortho intramolecular Hbond substituents is 1. The van der Waals surface area contributed by atoms with Crippen LogP contribution < -0.4 is 4.74 Å². The number of aromatic hydroxyl groups is 1. The van der Waals surface area contributed by atoms with Gasteiger partial charge >= 0.3 is 18.3 Å². The standard InChI is InChI=1S/C9H7F2NO6/c1-17-8(14)4-2-5(12(15)16)7(13)6(3-4)18-9(10)11/h2-3,9,13H,1H3. The highest BCUT2D eigenvalue weighted by Gasteiger charge is 2.24. The first-order valence-electron chi connectivity index (χ1n) is 4.41. The summed E-state index contributed by atoms with van der Waals surface area (Å²) in [5.74, 6) is -2.95. The Morgan fingerprint density at radius 2 is 2.11 bits per heavy atom. The molecule has 0 saturated heterocycles.